The molecule has 5 aromatic rings. The highest BCUT2D eigenvalue weighted by Gasteiger charge is 2.20. The minimum Gasteiger partial charge on any atom is -0.439 e. The van der Waals surface area contributed by atoms with E-state index >= 15 is 0 Å². The summed E-state index contributed by atoms with van der Waals surface area (Å²) in [6, 6.07) is 13.2. The van der Waals surface area contributed by atoms with Crippen LogP contribution >= 0.6 is 0 Å². The first kappa shape index (κ1) is 20.4. The number of nitrogens with zero attached hydrogens (tertiary/aromatic N) is 3. The second-order valence-electron chi connectivity index (χ2n) is 7.47. The van der Waals surface area contributed by atoms with E-state index < -0.39 is 5.82 Å². The molecule has 0 saturated carbocycles. The number of ether oxygens (including phenoxy) is 1. The Balaban J connectivity index is 1.43. The van der Waals surface area contributed by atoms with Crippen LogP contribution in [0.2, 0.25) is 0 Å². The molecule has 2 aromatic carbocycles. The zero-order valence-corrected chi connectivity index (χ0v) is 17.3. The fourth-order valence-electron chi connectivity index (χ4n) is 3.55. The number of nitrogens with one attached hydrogen (secondary N) is 1. The number of H-pyrrole nitrogens is 1. The number of nitrogen functional groups attached to an aromatic ring is 1. The summed E-state index contributed by atoms with van der Waals surface area (Å²) in [7, 11) is 0. The topological polar surface area (TPSA) is 98.8 Å². The van der Waals surface area contributed by atoms with Gasteiger partial charge in [0.15, 0.2) is 0 Å². The van der Waals surface area contributed by atoms with Crippen molar-refractivity contribution < 1.29 is 18.3 Å². The zero-order chi connectivity index (χ0) is 23.1. The molecule has 164 valence electrons. The van der Waals surface area contributed by atoms with Gasteiger partial charge in [0.2, 0.25) is 11.7 Å². The number of fused-ring (bicyclic) bond motifs is 1. The van der Waals surface area contributed by atoms with E-state index in [1.54, 1.807) is 30.3 Å². The molecule has 9 heteroatoms. The summed E-state index contributed by atoms with van der Waals surface area (Å²) in [6.07, 6.45) is 2.88. The first-order valence-electron chi connectivity index (χ1n) is 9.96. The number of aryl methyl sites for hydroxylation is 1. The number of rotatable bonds is 5. The summed E-state index contributed by atoms with van der Waals surface area (Å²) in [6.45, 7) is 1.81. The Morgan fingerprint density at radius 1 is 1.06 bits per heavy atom. The molecule has 0 unspecified atom stereocenters. The molecule has 0 spiro atoms. The van der Waals surface area contributed by atoms with Crippen LogP contribution in [0.15, 0.2) is 67.0 Å². The van der Waals surface area contributed by atoms with Crippen LogP contribution < -0.4 is 10.5 Å². The Morgan fingerprint density at radius 3 is 2.67 bits per heavy atom. The van der Waals surface area contributed by atoms with Crippen molar-refractivity contribution in [1.29, 1.82) is 0 Å². The van der Waals surface area contributed by atoms with Crippen molar-refractivity contribution in [2.24, 2.45) is 0 Å². The first-order chi connectivity index (χ1) is 15.9. The summed E-state index contributed by atoms with van der Waals surface area (Å²) in [5.74, 6) is -0.447. The van der Waals surface area contributed by atoms with E-state index in [0.717, 1.165) is 5.56 Å². The molecule has 0 radical (unpaired) electrons. The minimum atomic E-state index is -0.414. The Labute approximate surface area is 186 Å². The smallest absolute Gasteiger partial charge is 0.219 e. The number of ketones is 1. The van der Waals surface area contributed by atoms with Gasteiger partial charge in [-0.3, -0.25) is 4.79 Å². The standard InChI is InChI=1S/C24H17F2N5O2/c1-13-7-22(33-17-4-2-3-15(25)10-17)28-12-21(13)31-24(27)18(11-29-31)23(32)20-9-14-8-16(26)5-6-19(14)30-20/h2-12,30H,27H2,1H3. The summed E-state index contributed by atoms with van der Waals surface area (Å²) in [5.41, 5.74) is 8.63. The third kappa shape index (κ3) is 3.80. The van der Waals surface area contributed by atoms with Crippen LogP contribution in [0.25, 0.3) is 16.6 Å². The maximum atomic E-state index is 13.5. The Bertz CT molecular complexity index is 1520. The predicted octanol–water partition coefficient (Wildman–Crippen LogP) is 4.94. The highest BCUT2D eigenvalue weighted by atomic mass is 19.1. The van der Waals surface area contributed by atoms with Gasteiger partial charge in [-0.15, -0.1) is 0 Å². The van der Waals surface area contributed by atoms with Gasteiger partial charge in [0, 0.05) is 23.0 Å². The molecule has 0 aliphatic rings. The molecule has 5 rings (SSSR count). The van der Waals surface area contributed by atoms with Gasteiger partial charge in [0.05, 0.1) is 29.3 Å². The lowest BCUT2D eigenvalue weighted by molar-refractivity contribution is 0.103. The van der Waals surface area contributed by atoms with E-state index in [0.29, 0.717) is 22.3 Å². The van der Waals surface area contributed by atoms with Crippen molar-refractivity contribution in [1.82, 2.24) is 19.7 Å². The predicted molar refractivity (Wildman–Crippen MR) is 119 cm³/mol. The number of hydrogen-bond donors (Lipinski definition) is 2. The number of halogens is 2. The Hall–Kier alpha value is -4.53. The summed E-state index contributed by atoms with van der Waals surface area (Å²) < 4.78 is 33.9. The van der Waals surface area contributed by atoms with Gasteiger partial charge in [0.1, 0.15) is 23.2 Å². The number of pyridine rings is 1. The average molecular weight is 445 g/mol. The van der Waals surface area contributed by atoms with Crippen molar-refractivity contribution in [3.05, 3.63) is 95.4 Å². The largest absolute Gasteiger partial charge is 0.439 e. The van der Waals surface area contributed by atoms with Gasteiger partial charge in [-0.2, -0.15) is 5.10 Å². The SMILES string of the molecule is Cc1cc(Oc2cccc(F)c2)ncc1-n1ncc(C(=O)c2cc3cc(F)ccc3[nH]2)c1N. The number of carbonyl (C=O) groups excluding carboxylic acids is 1. The van der Waals surface area contributed by atoms with E-state index in [-0.39, 0.29) is 34.6 Å². The van der Waals surface area contributed by atoms with E-state index in [1.807, 2.05) is 6.92 Å². The van der Waals surface area contributed by atoms with Crippen LogP contribution in [0.4, 0.5) is 14.6 Å². The highest BCUT2D eigenvalue weighted by Crippen LogP contribution is 2.27. The summed E-state index contributed by atoms with van der Waals surface area (Å²) in [4.78, 5) is 20.2. The summed E-state index contributed by atoms with van der Waals surface area (Å²) in [5, 5.41) is 4.83. The minimum absolute atomic E-state index is 0.133. The Morgan fingerprint density at radius 2 is 1.88 bits per heavy atom. The molecule has 0 amide bonds. The van der Waals surface area contributed by atoms with Gasteiger partial charge in [0.25, 0.3) is 0 Å². The average Bonchev–Trinajstić information content (AvgIpc) is 3.37. The van der Waals surface area contributed by atoms with Gasteiger partial charge in [-0.1, -0.05) is 6.07 Å². The maximum absolute atomic E-state index is 13.5. The van der Waals surface area contributed by atoms with Crippen LogP contribution in [0, 0.1) is 18.6 Å². The molecule has 0 fully saturated rings. The van der Waals surface area contributed by atoms with Gasteiger partial charge >= 0.3 is 0 Å². The third-order valence-electron chi connectivity index (χ3n) is 5.18. The lowest BCUT2D eigenvalue weighted by atomic mass is 10.1. The molecule has 0 aliphatic carbocycles. The van der Waals surface area contributed by atoms with E-state index in [4.69, 9.17) is 10.5 Å². The molecule has 0 aliphatic heterocycles. The zero-order valence-electron chi connectivity index (χ0n) is 17.3. The second kappa shape index (κ2) is 7.86. The van der Waals surface area contributed by atoms with Crippen LogP contribution in [0.5, 0.6) is 11.6 Å². The fraction of sp³-hybridized carbons (Fsp3) is 0.0417. The number of anilines is 1. The number of nitrogens with two attached hydrogens (primary N) is 1. The lowest BCUT2D eigenvalue weighted by Gasteiger charge is -2.10. The normalized spacial score (nSPS) is 11.1. The monoisotopic (exact) mass is 445 g/mol. The van der Waals surface area contributed by atoms with E-state index in [2.05, 4.69) is 15.1 Å². The molecule has 0 atom stereocenters. The number of aromatic amines is 1. The molecule has 0 saturated heterocycles. The van der Waals surface area contributed by atoms with Gasteiger partial charge in [-0.05, 0) is 48.9 Å². The van der Waals surface area contributed by atoms with Crippen molar-refractivity contribution >= 4 is 22.5 Å². The first-order valence-corrected chi connectivity index (χ1v) is 9.96. The molecule has 3 heterocycles. The van der Waals surface area contributed by atoms with E-state index in [9.17, 15) is 13.6 Å². The summed E-state index contributed by atoms with van der Waals surface area (Å²) >= 11 is 0. The van der Waals surface area contributed by atoms with Crippen LogP contribution in [0.3, 0.4) is 0 Å². The third-order valence-corrected chi connectivity index (χ3v) is 5.18. The number of aromatic nitrogens is 4. The van der Waals surface area contributed by atoms with Gasteiger partial charge in [-0.25, -0.2) is 18.4 Å². The lowest BCUT2D eigenvalue weighted by Crippen LogP contribution is -2.08. The van der Waals surface area contributed by atoms with E-state index in [1.165, 1.54) is 41.3 Å². The quantitative estimate of drug-likeness (QED) is 0.373. The van der Waals surface area contributed by atoms with Crippen LogP contribution in [-0.2, 0) is 0 Å². The number of hydrogen-bond acceptors (Lipinski definition) is 5. The number of benzene rings is 2. The van der Waals surface area contributed by atoms with Crippen LogP contribution in [-0.4, -0.2) is 25.5 Å². The molecule has 3 aromatic heterocycles. The Kier molecular flexibility index (Phi) is 4.86. The number of carbonyl (C=O) groups is 1. The molecule has 0 bridgehead atoms. The molecular weight excluding hydrogens is 428 g/mol. The second-order valence-corrected chi connectivity index (χ2v) is 7.47. The van der Waals surface area contributed by atoms with Crippen molar-refractivity contribution in [3.63, 3.8) is 0 Å². The molecular formula is C24H17F2N5O2. The van der Waals surface area contributed by atoms with Crippen molar-refractivity contribution in [2.45, 2.75) is 6.92 Å². The van der Waals surface area contributed by atoms with Crippen LogP contribution in [0.1, 0.15) is 21.6 Å². The van der Waals surface area contributed by atoms with Crippen molar-refractivity contribution in [2.75, 3.05) is 5.73 Å². The highest BCUT2D eigenvalue weighted by molar-refractivity contribution is 6.12. The van der Waals surface area contributed by atoms with Gasteiger partial charge < -0.3 is 15.5 Å². The molecule has 3 N–H and O–H groups in total. The maximum Gasteiger partial charge on any atom is 0.219 e. The molecule has 7 nitrogen and oxygen atoms in total. The molecule has 33 heavy (non-hydrogen) atoms. The fourth-order valence-corrected chi connectivity index (χ4v) is 3.55. The van der Waals surface area contributed by atoms with Crippen molar-refractivity contribution in [3.8, 4) is 17.3 Å².